The molecule has 0 fully saturated rings. The Morgan fingerprint density at radius 3 is 2.71 bits per heavy atom. The molecule has 0 aliphatic carbocycles. The van der Waals surface area contributed by atoms with Crippen LogP contribution in [0.2, 0.25) is 5.02 Å². The van der Waals surface area contributed by atoms with E-state index in [0.717, 1.165) is 5.56 Å². The zero-order valence-corrected chi connectivity index (χ0v) is 11.7. The van der Waals surface area contributed by atoms with Crippen LogP contribution in [0.4, 0.5) is 15.9 Å². The highest BCUT2D eigenvalue weighted by molar-refractivity contribution is 6.31. The molecule has 0 saturated carbocycles. The van der Waals surface area contributed by atoms with Gasteiger partial charge in [0.1, 0.15) is 11.6 Å². The number of benzene rings is 1. The Balaban J connectivity index is 1.79. The van der Waals surface area contributed by atoms with Gasteiger partial charge in [-0.05, 0) is 37.3 Å². The maximum Gasteiger partial charge on any atom is 0.259 e. The maximum absolute atomic E-state index is 13.1. The van der Waals surface area contributed by atoms with Gasteiger partial charge in [0.15, 0.2) is 5.82 Å². The second-order valence-electron chi connectivity index (χ2n) is 4.33. The number of halogens is 2. The molecule has 21 heavy (non-hydrogen) atoms. The predicted molar refractivity (Wildman–Crippen MR) is 77.0 cm³/mol. The van der Waals surface area contributed by atoms with Gasteiger partial charge in [0, 0.05) is 11.9 Å². The molecule has 106 valence electrons. The van der Waals surface area contributed by atoms with Crippen molar-refractivity contribution >= 4 is 23.1 Å². The molecule has 0 saturated heterocycles. The fourth-order valence-electron chi connectivity index (χ4n) is 1.73. The summed E-state index contributed by atoms with van der Waals surface area (Å²) < 4.78 is 18.1. The summed E-state index contributed by atoms with van der Waals surface area (Å²) in [6, 6.07) is 7.92. The summed E-state index contributed by atoms with van der Waals surface area (Å²) in [5.41, 5.74) is 1.37. The Kier molecular flexibility index (Phi) is 3.53. The van der Waals surface area contributed by atoms with Gasteiger partial charge in [-0.1, -0.05) is 16.8 Å². The van der Waals surface area contributed by atoms with Crippen LogP contribution in [-0.2, 0) is 0 Å². The number of hydrogen-bond acceptors (Lipinski definition) is 5. The van der Waals surface area contributed by atoms with Gasteiger partial charge in [0.25, 0.3) is 5.89 Å². The molecule has 0 aliphatic rings. The Labute approximate surface area is 124 Å². The molecule has 0 unspecified atom stereocenters. The molecule has 2 aromatic heterocycles. The van der Waals surface area contributed by atoms with Crippen molar-refractivity contribution < 1.29 is 8.91 Å². The van der Waals surface area contributed by atoms with E-state index in [1.165, 1.54) is 12.1 Å². The number of aromatic nitrogens is 3. The summed E-state index contributed by atoms with van der Waals surface area (Å²) in [7, 11) is 0. The fraction of sp³-hybridized carbons (Fsp3) is 0.0714. The minimum atomic E-state index is -0.461. The predicted octanol–water partition coefficient (Wildman–Crippen LogP) is 3.98. The van der Waals surface area contributed by atoms with Crippen molar-refractivity contribution in [3.8, 4) is 11.5 Å². The van der Waals surface area contributed by atoms with Gasteiger partial charge < -0.3 is 9.84 Å². The average molecular weight is 305 g/mol. The van der Waals surface area contributed by atoms with Crippen LogP contribution in [-0.4, -0.2) is 15.1 Å². The molecule has 2 heterocycles. The van der Waals surface area contributed by atoms with Crippen LogP contribution >= 0.6 is 11.6 Å². The number of nitrogens with zero attached hydrogens (tertiary/aromatic N) is 3. The Morgan fingerprint density at radius 2 is 2.10 bits per heavy atom. The minimum absolute atomic E-state index is 0.0537. The first-order valence-corrected chi connectivity index (χ1v) is 6.48. The standard InChI is InChI=1S/C14H10ClFN4O/c1-8-18-14(21-20-8)9-2-5-13(17-7-9)19-10-3-4-12(16)11(15)6-10/h2-7H,1H3,(H,17,19). The monoisotopic (exact) mass is 304 g/mol. The van der Waals surface area contributed by atoms with Gasteiger partial charge in [-0.2, -0.15) is 4.98 Å². The van der Waals surface area contributed by atoms with E-state index in [-0.39, 0.29) is 5.02 Å². The third-order valence-electron chi connectivity index (χ3n) is 2.73. The second-order valence-corrected chi connectivity index (χ2v) is 4.74. The van der Waals surface area contributed by atoms with Crippen molar-refractivity contribution in [3.63, 3.8) is 0 Å². The van der Waals surface area contributed by atoms with Crippen LogP contribution in [0.25, 0.3) is 11.5 Å². The largest absolute Gasteiger partial charge is 0.340 e. The van der Waals surface area contributed by atoms with Crippen LogP contribution in [0.1, 0.15) is 5.82 Å². The van der Waals surface area contributed by atoms with Gasteiger partial charge in [-0.15, -0.1) is 0 Å². The first kappa shape index (κ1) is 13.5. The smallest absolute Gasteiger partial charge is 0.259 e. The van der Waals surface area contributed by atoms with E-state index in [2.05, 4.69) is 20.4 Å². The molecule has 1 aromatic carbocycles. The highest BCUT2D eigenvalue weighted by Gasteiger charge is 2.07. The summed E-state index contributed by atoms with van der Waals surface area (Å²) >= 11 is 5.72. The van der Waals surface area contributed by atoms with Crippen molar-refractivity contribution in [3.05, 3.63) is 53.2 Å². The molecule has 0 spiro atoms. The number of rotatable bonds is 3. The highest BCUT2D eigenvalue weighted by Crippen LogP contribution is 2.23. The quantitative estimate of drug-likeness (QED) is 0.793. The van der Waals surface area contributed by atoms with Crippen molar-refractivity contribution in [1.82, 2.24) is 15.1 Å². The van der Waals surface area contributed by atoms with Gasteiger partial charge in [-0.3, -0.25) is 0 Å². The average Bonchev–Trinajstić information content (AvgIpc) is 2.90. The molecule has 0 bridgehead atoms. The SMILES string of the molecule is Cc1noc(-c2ccc(Nc3ccc(F)c(Cl)c3)nc2)n1. The van der Waals surface area contributed by atoms with Crippen LogP contribution in [0, 0.1) is 12.7 Å². The molecular formula is C14H10ClFN4O. The minimum Gasteiger partial charge on any atom is -0.340 e. The van der Waals surface area contributed by atoms with Crippen LogP contribution in [0.3, 0.4) is 0 Å². The second kappa shape index (κ2) is 5.49. The van der Waals surface area contributed by atoms with Crippen molar-refractivity contribution in [2.45, 2.75) is 6.92 Å². The number of pyridine rings is 1. The van der Waals surface area contributed by atoms with Crippen molar-refractivity contribution in [2.24, 2.45) is 0 Å². The van der Waals surface area contributed by atoms with E-state index >= 15 is 0 Å². The maximum atomic E-state index is 13.1. The van der Waals surface area contributed by atoms with Crippen LogP contribution < -0.4 is 5.32 Å². The Bertz CT molecular complexity index is 773. The van der Waals surface area contributed by atoms with Gasteiger partial charge >= 0.3 is 0 Å². The Morgan fingerprint density at radius 1 is 1.24 bits per heavy atom. The van der Waals surface area contributed by atoms with Gasteiger partial charge in [-0.25, -0.2) is 9.37 Å². The molecule has 7 heteroatoms. The molecular weight excluding hydrogens is 295 g/mol. The van der Waals surface area contributed by atoms with E-state index in [0.29, 0.717) is 23.2 Å². The number of aryl methyl sites for hydroxylation is 1. The molecule has 0 amide bonds. The summed E-state index contributed by atoms with van der Waals surface area (Å²) in [6.45, 7) is 1.74. The van der Waals surface area contributed by atoms with Crippen molar-refractivity contribution in [2.75, 3.05) is 5.32 Å². The molecule has 5 nitrogen and oxygen atoms in total. The lowest BCUT2D eigenvalue weighted by Gasteiger charge is -2.06. The van der Waals surface area contributed by atoms with E-state index in [4.69, 9.17) is 16.1 Å². The van der Waals surface area contributed by atoms with E-state index in [9.17, 15) is 4.39 Å². The summed E-state index contributed by atoms with van der Waals surface area (Å²) in [6.07, 6.45) is 1.61. The lowest BCUT2D eigenvalue weighted by Crippen LogP contribution is -1.94. The molecule has 0 atom stereocenters. The summed E-state index contributed by atoms with van der Waals surface area (Å²) in [5.74, 6) is 1.11. The lowest BCUT2D eigenvalue weighted by atomic mass is 10.2. The first-order chi connectivity index (χ1) is 10.1. The lowest BCUT2D eigenvalue weighted by molar-refractivity contribution is 0.425. The number of anilines is 2. The van der Waals surface area contributed by atoms with Crippen LogP contribution in [0.15, 0.2) is 41.1 Å². The van der Waals surface area contributed by atoms with E-state index < -0.39 is 5.82 Å². The summed E-state index contributed by atoms with van der Waals surface area (Å²) in [5, 5.41) is 6.80. The van der Waals surface area contributed by atoms with E-state index in [1.807, 2.05) is 0 Å². The first-order valence-electron chi connectivity index (χ1n) is 6.10. The zero-order valence-electron chi connectivity index (χ0n) is 11.0. The molecule has 3 aromatic rings. The zero-order chi connectivity index (χ0) is 14.8. The van der Waals surface area contributed by atoms with Gasteiger partial charge in [0.2, 0.25) is 0 Å². The topological polar surface area (TPSA) is 63.8 Å². The molecule has 1 N–H and O–H groups in total. The highest BCUT2D eigenvalue weighted by atomic mass is 35.5. The number of hydrogen-bond donors (Lipinski definition) is 1. The van der Waals surface area contributed by atoms with Crippen LogP contribution in [0.5, 0.6) is 0 Å². The van der Waals surface area contributed by atoms with E-state index in [1.54, 1.807) is 31.3 Å². The third-order valence-corrected chi connectivity index (χ3v) is 3.02. The summed E-state index contributed by atoms with van der Waals surface area (Å²) in [4.78, 5) is 8.35. The third kappa shape index (κ3) is 3.00. The van der Waals surface area contributed by atoms with Crippen molar-refractivity contribution in [1.29, 1.82) is 0 Å². The van der Waals surface area contributed by atoms with Gasteiger partial charge in [0.05, 0.1) is 10.6 Å². The molecule has 0 aliphatic heterocycles. The number of nitrogens with one attached hydrogen (secondary N) is 1. The molecule has 3 rings (SSSR count). The normalized spacial score (nSPS) is 10.6. The molecule has 0 radical (unpaired) electrons. The fourth-order valence-corrected chi connectivity index (χ4v) is 1.91. The Hall–Kier alpha value is -2.47.